The molecule has 1 aliphatic heterocycles. The van der Waals surface area contributed by atoms with Gasteiger partial charge in [-0.25, -0.2) is 0 Å². The summed E-state index contributed by atoms with van der Waals surface area (Å²) in [6.45, 7) is 9.49. The Hall–Kier alpha value is 0.160. The van der Waals surface area contributed by atoms with E-state index in [1.165, 1.54) is 22.7 Å². The van der Waals surface area contributed by atoms with E-state index in [4.69, 9.17) is 4.74 Å². The first-order valence-corrected chi connectivity index (χ1v) is 7.22. The van der Waals surface area contributed by atoms with Gasteiger partial charge in [0.2, 0.25) is 0 Å². The number of aryl methyl sites for hydroxylation is 1. The second kappa shape index (κ2) is 10.9. The second-order valence-electron chi connectivity index (χ2n) is 4.50. The van der Waals surface area contributed by atoms with Crippen molar-refractivity contribution < 1.29 is 4.74 Å². The van der Waals surface area contributed by atoms with Crippen molar-refractivity contribution >= 4 is 36.2 Å². The largest absolute Gasteiger partial charge is 0.379 e. The summed E-state index contributed by atoms with van der Waals surface area (Å²) >= 11 is 1.88. The predicted octanol–water partition coefficient (Wildman–Crippen LogP) is 2.71. The summed E-state index contributed by atoms with van der Waals surface area (Å²) in [6, 6.07) is 4.41. The van der Waals surface area contributed by atoms with Crippen LogP contribution in [0.1, 0.15) is 16.2 Å². The van der Waals surface area contributed by atoms with Crippen molar-refractivity contribution in [2.45, 2.75) is 19.9 Å². The summed E-state index contributed by atoms with van der Waals surface area (Å²) < 4.78 is 5.33. The standard InChI is InChI=1S/C13H22N2OS.2ClH/c1-12-3-4-13(17-12)11-14-5-2-6-15-7-9-16-10-8-15;;/h3-4,14H,2,5-11H2,1H3;2*1H. The van der Waals surface area contributed by atoms with Crippen LogP contribution in [0.4, 0.5) is 0 Å². The topological polar surface area (TPSA) is 24.5 Å². The molecule has 3 nitrogen and oxygen atoms in total. The maximum atomic E-state index is 5.33. The van der Waals surface area contributed by atoms with E-state index in [-0.39, 0.29) is 24.8 Å². The fourth-order valence-electron chi connectivity index (χ4n) is 2.04. The van der Waals surface area contributed by atoms with Gasteiger partial charge in [0.1, 0.15) is 0 Å². The number of thiophene rings is 1. The molecule has 19 heavy (non-hydrogen) atoms. The minimum absolute atomic E-state index is 0. The van der Waals surface area contributed by atoms with Crippen molar-refractivity contribution in [3.05, 3.63) is 21.9 Å². The summed E-state index contributed by atoms with van der Waals surface area (Å²) in [5.74, 6) is 0. The van der Waals surface area contributed by atoms with Crippen LogP contribution in [0.25, 0.3) is 0 Å². The van der Waals surface area contributed by atoms with Crippen LogP contribution in [0.2, 0.25) is 0 Å². The van der Waals surface area contributed by atoms with Gasteiger partial charge in [-0.3, -0.25) is 4.90 Å². The Morgan fingerprint density at radius 3 is 2.63 bits per heavy atom. The first-order valence-electron chi connectivity index (χ1n) is 6.41. The Balaban J connectivity index is 0.00000162. The predicted molar refractivity (Wildman–Crippen MR) is 87.1 cm³/mol. The molecule has 0 radical (unpaired) electrons. The molecule has 112 valence electrons. The normalized spacial score (nSPS) is 15.6. The molecule has 0 bridgehead atoms. The highest BCUT2D eigenvalue weighted by Gasteiger charge is 2.08. The minimum Gasteiger partial charge on any atom is -0.379 e. The van der Waals surface area contributed by atoms with Crippen molar-refractivity contribution in [1.29, 1.82) is 0 Å². The van der Waals surface area contributed by atoms with Crippen LogP contribution in [-0.2, 0) is 11.3 Å². The minimum atomic E-state index is 0. The molecule has 0 saturated carbocycles. The number of ether oxygens (including phenoxy) is 1. The number of morpholine rings is 1. The third kappa shape index (κ3) is 7.49. The summed E-state index contributed by atoms with van der Waals surface area (Å²) in [5.41, 5.74) is 0. The van der Waals surface area contributed by atoms with Gasteiger partial charge in [-0.15, -0.1) is 36.2 Å². The summed E-state index contributed by atoms with van der Waals surface area (Å²) in [6.07, 6.45) is 1.23. The molecule has 2 heterocycles. The lowest BCUT2D eigenvalue weighted by atomic mass is 10.3. The quantitative estimate of drug-likeness (QED) is 0.813. The molecular formula is C13H24Cl2N2OS. The number of hydrogen-bond acceptors (Lipinski definition) is 4. The Kier molecular flexibility index (Phi) is 11.0. The van der Waals surface area contributed by atoms with Gasteiger partial charge in [-0.2, -0.15) is 0 Å². The lowest BCUT2D eigenvalue weighted by molar-refractivity contribution is 0.0374. The van der Waals surface area contributed by atoms with Crippen LogP contribution < -0.4 is 5.32 Å². The van der Waals surface area contributed by atoms with Gasteiger partial charge in [-0.05, 0) is 38.6 Å². The third-order valence-corrected chi connectivity index (χ3v) is 4.03. The molecule has 1 saturated heterocycles. The van der Waals surface area contributed by atoms with Crippen molar-refractivity contribution in [1.82, 2.24) is 10.2 Å². The number of halogens is 2. The number of hydrogen-bond donors (Lipinski definition) is 1. The molecule has 0 aromatic carbocycles. The zero-order chi connectivity index (χ0) is 11.9. The van der Waals surface area contributed by atoms with Crippen molar-refractivity contribution in [2.24, 2.45) is 0 Å². The molecule has 0 unspecified atom stereocenters. The van der Waals surface area contributed by atoms with E-state index >= 15 is 0 Å². The highest BCUT2D eigenvalue weighted by molar-refractivity contribution is 7.11. The Labute approximate surface area is 132 Å². The van der Waals surface area contributed by atoms with E-state index in [9.17, 15) is 0 Å². The van der Waals surface area contributed by atoms with Gasteiger partial charge in [-0.1, -0.05) is 0 Å². The van der Waals surface area contributed by atoms with Crippen LogP contribution in [0.15, 0.2) is 12.1 Å². The van der Waals surface area contributed by atoms with Crippen LogP contribution >= 0.6 is 36.2 Å². The Morgan fingerprint density at radius 1 is 1.26 bits per heavy atom. The van der Waals surface area contributed by atoms with Gasteiger partial charge < -0.3 is 10.1 Å². The van der Waals surface area contributed by atoms with Gasteiger partial charge in [0.25, 0.3) is 0 Å². The highest BCUT2D eigenvalue weighted by atomic mass is 35.5. The van der Waals surface area contributed by atoms with Crippen LogP contribution in [-0.4, -0.2) is 44.3 Å². The molecule has 1 aliphatic rings. The molecule has 2 rings (SSSR count). The first kappa shape index (κ1) is 19.2. The van der Waals surface area contributed by atoms with Gasteiger partial charge >= 0.3 is 0 Å². The fourth-order valence-corrected chi connectivity index (χ4v) is 2.90. The van der Waals surface area contributed by atoms with Crippen molar-refractivity contribution in [3.63, 3.8) is 0 Å². The zero-order valence-corrected chi connectivity index (χ0v) is 13.8. The van der Waals surface area contributed by atoms with Gasteiger partial charge in [0.05, 0.1) is 13.2 Å². The maximum Gasteiger partial charge on any atom is 0.0594 e. The van der Waals surface area contributed by atoms with Crippen molar-refractivity contribution in [2.75, 3.05) is 39.4 Å². The second-order valence-corrected chi connectivity index (χ2v) is 5.87. The molecule has 0 atom stereocenters. The van der Waals surface area contributed by atoms with Gasteiger partial charge in [0, 0.05) is 29.4 Å². The number of rotatable bonds is 6. The molecule has 1 aromatic heterocycles. The lowest BCUT2D eigenvalue weighted by Crippen LogP contribution is -2.37. The molecule has 0 amide bonds. The molecule has 0 spiro atoms. The lowest BCUT2D eigenvalue weighted by Gasteiger charge is -2.26. The zero-order valence-electron chi connectivity index (χ0n) is 11.4. The van der Waals surface area contributed by atoms with E-state index < -0.39 is 0 Å². The first-order chi connectivity index (χ1) is 8.34. The van der Waals surface area contributed by atoms with E-state index in [1.54, 1.807) is 0 Å². The SMILES string of the molecule is Cc1ccc(CNCCCN2CCOCC2)s1.Cl.Cl. The number of nitrogens with zero attached hydrogens (tertiary/aromatic N) is 1. The van der Waals surface area contributed by atoms with Crippen molar-refractivity contribution in [3.8, 4) is 0 Å². The fraction of sp³-hybridized carbons (Fsp3) is 0.692. The summed E-state index contributed by atoms with van der Waals surface area (Å²) in [4.78, 5) is 5.32. The molecule has 1 N–H and O–H groups in total. The maximum absolute atomic E-state index is 5.33. The average Bonchev–Trinajstić information content (AvgIpc) is 2.76. The number of nitrogens with one attached hydrogen (secondary N) is 1. The summed E-state index contributed by atoms with van der Waals surface area (Å²) in [7, 11) is 0. The smallest absolute Gasteiger partial charge is 0.0594 e. The van der Waals surface area contributed by atoms with E-state index in [2.05, 4.69) is 29.3 Å². The highest BCUT2D eigenvalue weighted by Crippen LogP contribution is 2.14. The van der Waals surface area contributed by atoms with E-state index in [1.807, 2.05) is 11.3 Å². The van der Waals surface area contributed by atoms with Crippen LogP contribution in [0, 0.1) is 6.92 Å². The Morgan fingerprint density at radius 2 is 2.00 bits per heavy atom. The van der Waals surface area contributed by atoms with Gasteiger partial charge in [0.15, 0.2) is 0 Å². The molecule has 0 aliphatic carbocycles. The average molecular weight is 327 g/mol. The van der Waals surface area contributed by atoms with E-state index in [0.29, 0.717) is 0 Å². The third-order valence-electron chi connectivity index (χ3n) is 3.03. The molecule has 1 aromatic rings. The molecule has 1 fully saturated rings. The molecular weight excluding hydrogens is 303 g/mol. The van der Waals surface area contributed by atoms with Crippen LogP contribution in [0.3, 0.4) is 0 Å². The molecule has 6 heteroatoms. The Bertz CT molecular complexity index is 330. The van der Waals surface area contributed by atoms with Crippen LogP contribution in [0.5, 0.6) is 0 Å². The van der Waals surface area contributed by atoms with E-state index in [0.717, 1.165) is 39.4 Å². The monoisotopic (exact) mass is 326 g/mol. The summed E-state index contributed by atoms with van der Waals surface area (Å²) in [5, 5.41) is 3.51.